The van der Waals surface area contributed by atoms with E-state index < -0.39 is 40.9 Å². The second-order valence-electron chi connectivity index (χ2n) is 13.0. The van der Waals surface area contributed by atoms with Crippen molar-refractivity contribution in [1.29, 1.82) is 0 Å². The summed E-state index contributed by atoms with van der Waals surface area (Å²) < 4.78 is 51.1. The van der Waals surface area contributed by atoms with Gasteiger partial charge >= 0.3 is 6.09 Å². The first kappa shape index (κ1) is 32.3. The van der Waals surface area contributed by atoms with Gasteiger partial charge in [-0.1, -0.05) is 0 Å². The van der Waals surface area contributed by atoms with Gasteiger partial charge in [-0.3, -0.25) is 0 Å². The standard InChI is InChI=1S/C31H41F2N7O5/c1-30(2,3)44-29(41)36-25-17-40(16-23(25)22-13-20(32)7-8-24(22)33)27-34-14-21(15-35-27)43-18-19-9-11-39(12-10-19)28-37-26(45-38-28)31(4,5)42-6/h7-8,13-15,19,23,25H,9-12,16-18H2,1-6H3,(H,36,41)/t23-,25+/m1/s1. The van der Waals surface area contributed by atoms with E-state index in [9.17, 15) is 13.6 Å². The number of aromatic nitrogens is 4. The van der Waals surface area contributed by atoms with E-state index >= 15 is 0 Å². The zero-order chi connectivity index (χ0) is 32.4. The highest BCUT2D eigenvalue weighted by Crippen LogP contribution is 2.33. The summed E-state index contributed by atoms with van der Waals surface area (Å²) in [5.41, 5.74) is -1.19. The van der Waals surface area contributed by atoms with Crippen LogP contribution in [0.1, 0.15) is 64.8 Å². The third-order valence-corrected chi connectivity index (χ3v) is 8.10. The second-order valence-corrected chi connectivity index (χ2v) is 13.0. The Balaban J connectivity index is 1.17. The van der Waals surface area contributed by atoms with E-state index in [2.05, 4.69) is 30.3 Å². The summed E-state index contributed by atoms with van der Waals surface area (Å²) in [6.07, 6.45) is 4.36. The Hall–Kier alpha value is -4.07. The van der Waals surface area contributed by atoms with Gasteiger partial charge in [-0.2, -0.15) is 4.98 Å². The minimum Gasteiger partial charge on any atom is -0.490 e. The predicted molar refractivity (Wildman–Crippen MR) is 161 cm³/mol. The lowest BCUT2D eigenvalue weighted by atomic mass is 9.94. The Morgan fingerprint density at radius 1 is 1.04 bits per heavy atom. The molecule has 0 saturated carbocycles. The van der Waals surface area contributed by atoms with Crippen LogP contribution in [0, 0.1) is 17.6 Å². The number of nitrogens with one attached hydrogen (secondary N) is 1. The maximum atomic E-state index is 14.8. The lowest BCUT2D eigenvalue weighted by molar-refractivity contribution is -0.00787. The quantitative estimate of drug-likeness (QED) is 0.350. The van der Waals surface area contributed by atoms with Crippen molar-refractivity contribution in [2.45, 2.75) is 70.6 Å². The second kappa shape index (κ2) is 13.1. The number of piperidine rings is 1. The van der Waals surface area contributed by atoms with Crippen LogP contribution in [-0.4, -0.2) is 77.7 Å². The zero-order valence-electron chi connectivity index (χ0n) is 26.5. The molecule has 244 valence electrons. The van der Waals surface area contributed by atoms with Crippen molar-refractivity contribution in [1.82, 2.24) is 25.4 Å². The first-order valence-electron chi connectivity index (χ1n) is 15.1. The summed E-state index contributed by atoms with van der Waals surface area (Å²) in [6, 6.07) is 2.76. The average Bonchev–Trinajstić information content (AvgIpc) is 3.66. The number of carbonyl (C=O) groups is 1. The van der Waals surface area contributed by atoms with Crippen LogP contribution in [0.25, 0.3) is 0 Å². The predicted octanol–water partition coefficient (Wildman–Crippen LogP) is 4.81. The molecule has 2 aromatic heterocycles. The molecule has 1 amide bonds. The highest BCUT2D eigenvalue weighted by atomic mass is 19.1. The molecule has 14 heteroatoms. The number of hydrogen-bond donors (Lipinski definition) is 1. The fourth-order valence-corrected chi connectivity index (χ4v) is 5.42. The van der Waals surface area contributed by atoms with Gasteiger partial charge < -0.3 is 33.9 Å². The van der Waals surface area contributed by atoms with Crippen LogP contribution in [0.15, 0.2) is 35.1 Å². The number of nitrogens with zero attached hydrogens (tertiary/aromatic N) is 6. The molecule has 0 radical (unpaired) electrons. The van der Waals surface area contributed by atoms with Crippen LogP contribution in [0.5, 0.6) is 5.75 Å². The SMILES string of the molecule is COC(C)(C)c1nc(N2CCC(COc3cnc(N4C[C@H](NC(=O)OC(C)(C)C)[C@@H](c5cc(F)ccc5F)C4)nc3)CC2)no1. The summed E-state index contributed by atoms with van der Waals surface area (Å²) in [6.45, 7) is 11.6. The molecule has 0 bridgehead atoms. The number of anilines is 2. The summed E-state index contributed by atoms with van der Waals surface area (Å²) in [5.74, 6) is 0.599. The fourth-order valence-electron chi connectivity index (χ4n) is 5.42. The van der Waals surface area contributed by atoms with E-state index in [4.69, 9.17) is 18.7 Å². The van der Waals surface area contributed by atoms with Crippen LogP contribution in [0.2, 0.25) is 0 Å². The smallest absolute Gasteiger partial charge is 0.407 e. The fraction of sp³-hybridized carbons (Fsp3) is 0.581. The molecule has 0 aliphatic carbocycles. The minimum absolute atomic E-state index is 0.170. The Kier molecular flexibility index (Phi) is 9.42. The molecular weight excluding hydrogens is 588 g/mol. The summed E-state index contributed by atoms with van der Waals surface area (Å²) in [5, 5.41) is 6.95. The molecular formula is C31H41F2N7O5. The molecule has 12 nitrogen and oxygen atoms in total. The van der Waals surface area contributed by atoms with Crippen LogP contribution in [-0.2, 0) is 15.1 Å². The average molecular weight is 630 g/mol. The molecule has 3 aromatic rings. The van der Waals surface area contributed by atoms with Gasteiger partial charge in [-0.05, 0) is 82.3 Å². The zero-order valence-corrected chi connectivity index (χ0v) is 26.5. The molecule has 2 saturated heterocycles. The molecule has 45 heavy (non-hydrogen) atoms. The molecule has 0 unspecified atom stereocenters. The van der Waals surface area contributed by atoms with Crippen molar-refractivity contribution in [2.75, 3.05) is 49.7 Å². The molecule has 2 fully saturated rings. The summed E-state index contributed by atoms with van der Waals surface area (Å²) in [7, 11) is 1.61. The largest absolute Gasteiger partial charge is 0.490 e. The number of hydrogen-bond acceptors (Lipinski definition) is 11. The van der Waals surface area contributed by atoms with Crippen molar-refractivity contribution < 1.29 is 32.3 Å². The monoisotopic (exact) mass is 629 g/mol. The Bertz CT molecular complexity index is 1460. The van der Waals surface area contributed by atoms with E-state index in [1.807, 2.05) is 18.7 Å². The van der Waals surface area contributed by atoms with Gasteiger partial charge in [0.05, 0.1) is 25.0 Å². The van der Waals surface area contributed by atoms with Crippen molar-refractivity contribution in [2.24, 2.45) is 5.92 Å². The molecule has 2 aliphatic rings. The molecule has 1 aromatic carbocycles. The first-order valence-corrected chi connectivity index (χ1v) is 15.1. The summed E-state index contributed by atoms with van der Waals surface area (Å²) >= 11 is 0. The molecule has 4 heterocycles. The number of carbonyl (C=O) groups excluding carboxylic acids is 1. The lowest BCUT2D eigenvalue weighted by Gasteiger charge is -2.30. The number of ether oxygens (including phenoxy) is 3. The normalized spacial score (nSPS) is 19.6. The third kappa shape index (κ3) is 7.96. The number of amides is 1. The van der Waals surface area contributed by atoms with Gasteiger partial charge in [-0.15, -0.1) is 0 Å². The summed E-state index contributed by atoms with van der Waals surface area (Å²) in [4.78, 5) is 30.0. The number of methoxy groups -OCH3 is 1. The number of benzene rings is 1. The van der Waals surface area contributed by atoms with Gasteiger partial charge in [-0.25, -0.2) is 23.5 Å². The van der Waals surface area contributed by atoms with Gasteiger partial charge in [0.25, 0.3) is 11.8 Å². The third-order valence-electron chi connectivity index (χ3n) is 8.10. The number of alkyl carbamates (subject to hydrolysis) is 1. The lowest BCUT2D eigenvalue weighted by Crippen LogP contribution is -2.43. The van der Waals surface area contributed by atoms with E-state index in [1.165, 1.54) is 0 Å². The van der Waals surface area contributed by atoms with Gasteiger partial charge in [0.15, 0.2) is 5.75 Å². The van der Waals surface area contributed by atoms with Gasteiger partial charge in [0.2, 0.25) is 5.95 Å². The highest BCUT2D eigenvalue weighted by Gasteiger charge is 2.38. The minimum atomic E-state index is -0.711. The van der Waals surface area contributed by atoms with Crippen LogP contribution in [0.4, 0.5) is 25.5 Å². The molecule has 5 rings (SSSR count). The maximum absolute atomic E-state index is 14.8. The topological polar surface area (TPSA) is 128 Å². The van der Waals surface area contributed by atoms with Gasteiger partial charge in [0, 0.05) is 39.2 Å². The highest BCUT2D eigenvalue weighted by molar-refractivity contribution is 5.68. The molecule has 1 N–H and O–H groups in total. The Morgan fingerprint density at radius 2 is 1.76 bits per heavy atom. The van der Waals surface area contributed by atoms with E-state index in [1.54, 1.807) is 40.3 Å². The van der Waals surface area contributed by atoms with E-state index in [0.29, 0.717) is 36.1 Å². The van der Waals surface area contributed by atoms with Crippen molar-refractivity contribution >= 4 is 18.0 Å². The van der Waals surface area contributed by atoms with E-state index in [-0.39, 0.29) is 18.7 Å². The Morgan fingerprint density at radius 3 is 2.42 bits per heavy atom. The van der Waals surface area contributed by atoms with E-state index in [0.717, 1.165) is 44.1 Å². The van der Waals surface area contributed by atoms with Crippen LogP contribution < -0.4 is 19.9 Å². The molecule has 2 atom stereocenters. The van der Waals surface area contributed by atoms with Crippen LogP contribution in [0.3, 0.4) is 0 Å². The first-order chi connectivity index (χ1) is 21.3. The maximum Gasteiger partial charge on any atom is 0.407 e. The Labute approximate surface area is 261 Å². The van der Waals surface area contributed by atoms with Crippen LogP contribution >= 0.6 is 0 Å². The molecule has 2 aliphatic heterocycles. The number of rotatable bonds is 9. The van der Waals surface area contributed by atoms with Crippen molar-refractivity contribution in [3.05, 3.63) is 53.7 Å². The van der Waals surface area contributed by atoms with Crippen molar-refractivity contribution in [3.8, 4) is 5.75 Å². The van der Waals surface area contributed by atoms with Crippen molar-refractivity contribution in [3.63, 3.8) is 0 Å². The molecule has 0 spiro atoms. The van der Waals surface area contributed by atoms with Gasteiger partial charge in [0.1, 0.15) is 22.8 Å². The number of halogens is 2.